The Balaban J connectivity index is 1.49. The lowest BCUT2D eigenvalue weighted by atomic mass is 10.1. The van der Waals surface area contributed by atoms with E-state index in [0.717, 1.165) is 30.0 Å². The summed E-state index contributed by atoms with van der Waals surface area (Å²) < 4.78 is 5.15. The number of hydrogen-bond acceptors (Lipinski definition) is 8. The minimum atomic E-state index is -0.236. The summed E-state index contributed by atoms with van der Waals surface area (Å²) in [7, 11) is 1.60. The second-order valence-corrected chi connectivity index (χ2v) is 8.29. The molecule has 1 heterocycles. The molecule has 190 valence electrons. The third-order valence-electron chi connectivity index (χ3n) is 5.65. The normalized spacial score (nSPS) is 10.5. The molecule has 0 saturated heterocycles. The molecular weight excluding hydrogens is 466 g/mol. The number of aromatic nitrogens is 3. The van der Waals surface area contributed by atoms with Crippen LogP contribution in [-0.4, -0.2) is 34.5 Å². The van der Waals surface area contributed by atoms with Crippen molar-refractivity contribution in [2.45, 2.75) is 26.7 Å². The van der Waals surface area contributed by atoms with Gasteiger partial charge in [0.15, 0.2) is 0 Å². The molecule has 1 amide bonds. The van der Waals surface area contributed by atoms with Crippen LogP contribution in [-0.2, 0) is 17.6 Å². The molecule has 37 heavy (non-hydrogen) atoms. The van der Waals surface area contributed by atoms with Crippen LogP contribution >= 0.6 is 0 Å². The van der Waals surface area contributed by atoms with Gasteiger partial charge in [0.05, 0.1) is 13.7 Å². The molecule has 4 N–H and O–H groups in total. The number of hydrogen-bond donors (Lipinski definition) is 4. The molecule has 0 atom stereocenters. The van der Waals surface area contributed by atoms with Crippen molar-refractivity contribution in [2.75, 3.05) is 34.9 Å². The molecule has 4 rings (SSSR count). The topological polar surface area (TPSA) is 113 Å². The average molecular weight is 498 g/mol. The van der Waals surface area contributed by atoms with Gasteiger partial charge in [-0.2, -0.15) is 15.0 Å². The Bertz CT molecular complexity index is 1240. The lowest BCUT2D eigenvalue weighted by Gasteiger charge is -2.12. The lowest BCUT2D eigenvalue weighted by molar-refractivity contribution is -0.114. The molecule has 1 aromatic heterocycles. The number of carbonyl (C=O) groups excluding carboxylic acids is 1. The zero-order chi connectivity index (χ0) is 26.0. The summed E-state index contributed by atoms with van der Waals surface area (Å²) in [4.78, 5) is 26.0. The van der Waals surface area contributed by atoms with Gasteiger partial charge < -0.3 is 26.0 Å². The summed E-state index contributed by atoms with van der Waals surface area (Å²) in [5, 5.41) is 12.3. The number of rotatable bonds is 11. The second kappa shape index (κ2) is 12.3. The predicted molar refractivity (Wildman–Crippen MR) is 148 cm³/mol. The third kappa shape index (κ3) is 7.41. The van der Waals surface area contributed by atoms with Gasteiger partial charge in [-0.1, -0.05) is 38.1 Å². The number of anilines is 6. The van der Waals surface area contributed by atoms with E-state index in [0.29, 0.717) is 17.6 Å². The minimum absolute atomic E-state index is 0.0225. The summed E-state index contributed by atoms with van der Waals surface area (Å²) in [5.41, 5.74) is 4.85. The van der Waals surface area contributed by atoms with Crippen molar-refractivity contribution in [3.63, 3.8) is 0 Å². The Morgan fingerprint density at radius 3 is 1.59 bits per heavy atom. The number of benzene rings is 3. The van der Waals surface area contributed by atoms with Gasteiger partial charge in [-0.3, -0.25) is 4.79 Å². The van der Waals surface area contributed by atoms with E-state index < -0.39 is 0 Å². The first-order valence-corrected chi connectivity index (χ1v) is 12.2. The van der Waals surface area contributed by atoms with Gasteiger partial charge in [0.1, 0.15) is 5.75 Å². The van der Waals surface area contributed by atoms with Crippen LogP contribution in [0.3, 0.4) is 0 Å². The van der Waals surface area contributed by atoms with E-state index in [-0.39, 0.29) is 18.4 Å². The average Bonchev–Trinajstić information content (AvgIpc) is 2.93. The van der Waals surface area contributed by atoms with Crippen molar-refractivity contribution in [1.29, 1.82) is 0 Å². The lowest BCUT2D eigenvalue weighted by Crippen LogP contribution is -2.23. The van der Waals surface area contributed by atoms with Crippen molar-refractivity contribution in [3.8, 4) is 5.75 Å². The first-order chi connectivity index (χ1) is 18.0. The van der Waals surface area contributed by atoms with Crippen LogP contribution in [0.4, 0.5) is 34.9 Å². The van der Waals surface area contributed by atoms with Gasteiger partial charge in [0, 0.05) is 17.1 Å². The molecule has 0 bridgehead atoms. The van der Waals surface area contributed by atoms with Crippen molar-refractivity contribution in [1.82, 2.24) is 15.0 Å². The van der Waals surface area contributed by atoms with Gasteiger partial charge in [0.25, 0.3) is 0 Å². The minimum Gasteiger partial charge on any atom is -0.497 e. The van der Waals surface area contributed by atoms with Crippen LogP contribution in [0.5, 0.6) is 5.75 Å². The van der Waals surface area contributed by atoms with Crippen LogP contribution in [0.2, 0.25) is 0 Å². The van der Waals surface area contributed by atoms with Crippen LogP contribution in [0.25, 0.3) is 0 Å². The van der Waals surface area contributed by atoms with Crippen LogP contribution in [0, 0.1) is 0 Å². The molecule has 0 aliphatic heterocycles. The maximum atomic E-state index is 12.5. The molecule has 0 aliphatic carbocycles. The highest BCUT2D eigenvalue weighted by molar-refractivity contribution is 5.93. The fourth-order valence-electron chi connectivity index (χ4n) is 3.51. The number of nitrogens with one attached hydrogen (secondary N) is 4. The van der Waals surface area contributed by atoms with E-state index in [4.69, 9.17) is 4.74 Å². The van der Waals surface area contributed by atoms with Gasteiger partial charge in [0.2, 0.25) is 23.8 Å². The fraction of sp³-hybridized carbons (Fsp3) is 0.214. The van der Waals surface area contributed by atoms with Crippen LogP contribution in [0.15, 0.2) is 72.8 Å². The Hall–Kier alpha value is -4.66. The molecule has 0 unspecified atom stereocenters. The van der Waals surface area contributed by atoms with Gasteiger partial charge in [-0.25, -0.2) is 0 Å². The molecule has 3 aromatic carbocycles. The zero-order valence-corrected chi connectivity index (χ0v) is 21.2. The summed E-state index contributed by atoms with van der Waals surface area (Å²) in [6.07, 6.45) is 1.92. The molecular formula is C28H31N7O2. The molecule has 0 aliphatic rings. The largest absolute Gasteiger partial charge is 0.497 e. The van der Waals surface area contributed by atoms with E-state index in [1.54, 1.807) is 31.4 Å². The molecule has 4 aromatic rings. The van der Waals surface area contributed by atoms with Crippen molar-refractivity contribution >= 4 is 40.8 Å². The summed E-state index contributed by atoms with van der Waals surface area (Å²) in [6.45, 7) is 4.20. The summed E-state index contributed by atoms with van der Waals surface area (Å²) >= 11 is 0. The highest BCUT2D eigenvalue weighted by Crippen LogP contribution is 2.20. The standard InChI is InChI=1S/C28H31N7O2/c1-4-19-6-10-22(11-7-19)31-27-33-26(29-18-25(36)30-21-14-16-24(37-3)17-15-21)34-28(35-27)32-23-12-8-20(5-2)9-13-23/h6-17H,4-5,18H2,1-3H3,(H,30,36)(H3,29,31,32,33,34,35). The Labute approximate surface area is 216 Å². The summed E-state index contributed by atoms with van der Waals surface area (Å²) in [6, 6.07) is 23.3. The van der Waals surface area contributed by atoms with E-state index >= 15 is 0 Å². The molecule has 0 radical (unpaired) electrons. The fourth-order valence-corrected chi connectivity index (χ4v) is 3.51. The van der Waals surface area contributed by atoms with Crippen molar-refractivity contribution in [2.24, 2.45) is 0 Å². The van der Waals surface area contributed by atoms with Crippen molar-refractivity contribution in [3.05, 3.63) is 83.9 Å². The van der Waals surface area contributed by atoms with Crippen molar-refractivity contribution < 1.29 is 9.53 Å². The number of nitrogens with zero attached hydrogens (tertiary/aromatic N) is 3. The molecule has 9 heteroatoms. The SMILES string of the molecule is CCc1ccc(Nc2nc(NCC(=O)Nc3ccc(OC)cc3)nc(Nc3ccc(CC)cc3)n2)cc1. The zero-order valence-electron chi connectivity index (χ0n) is 21.2. The van der Waals surface area contributed by atoms with Gasteiger partial charge in [-0.15, -0.1) is 0 Å². The highest BCUT2D eigenvalue weighted by Gasteiger charge is 2.10. The van der Waals surface area contributed by atoms with E-state index in [9.17, 15) is 4.79 Å². The Kier molecular flexibility index (Phi) is 8.49. The monoisotopic (exact) mass is 497 g/mol. The van der Waals surface area contributed by atoms with E-state index in [1.807, 2.05) is 24.3 Å². The van der Waals surface area contributed by atoms with Gasteiger partial charge in [-0.05, 0) is 72.5 Å². The summed E-state index contributed by atoms with van der Waals surface area (Å²) in [5.74, 6) is 1.45. The Morgan fingerprint density at radius 1 is 0.676 bits per heavy atom. The number of carbonyl (C=O) groups is 1. The third-order valence-corrected chi connectivity index (χ3v) is 5.65. The number of methoxy groups -OCH3 is 1. The number of amides is 1. The van der Waals surface area contributed by atoms with E-state index in [2.05, 4.69) is 74.3 Å². The first kappa shape index (κ1) is 25.4. The molecule has 0 fully saturated rings. The van der Waals surface area contributed by atoms with E-state index in [1.165, 1.54) is 11.1 Å². The predicted octanol–water partition coefficient (Wildman–Crippen LogP) is 5.54. The molecule has 0 saturated carbocycles. The maximum Gasteiger partial charge on any atom is 0.243 e. The van der Waals surface area contributed by atoms with Gasteiger partial charge >= 0.3 is 0 Å². The number of ether oxygens (including phenoxy) is 1. The van der Waals surface area contributed by atoms with Crippen LogP contribution < -0.4 is 26.0 Å². The molecule has 9 nitrogen and oxygen atoms in total. The second-order valence-electron chi connectivity index (χ2n) is 8.29. The Morgan fingerprint density at radius 2 is 1.14 bits per heavy atom. The smallest absolute Gasteiger partial charge is 0.243 e. The highest BCUT2D eigenvalue weighted by atomic mass is 16.5. The quantitative estimate of drug-likeness (QED) is 0.214. The number of aryl methyl sites for hydroxylation is 2. The molecule has 0 spiro atoms. The first-order valence-electron chi connectivity index (χ1n) is 12.2. The van der Waals surface area contributed by atoms with Crippen LogP contribution in [0.1, 0.15) is 25.0 Å². The maximum absolute atomic E-state index is 12.5.